The first kappa shape index (κ1) is 12.1. The van der Waals surface area contributed by atoms with E-state index in [0.29, 0.717) is 4.88 Å². The van der Waals surface area contributed by atoms with Crippen LogP contribution in [0.4, 0.5) is 0 Å². The minimum Gasteiger partial charge on any atom is -0.465 e. The molecule has 84 valence electrons. The Morgan fingerprint density at radius 3 is 2.73 bits per heavy atom. The fraction of sp³-hybridized carbons (Fsp3) is 0.600. The van der Waals surface area contributed by atoms with Gasteiger partial charge in [-0.1, -0.05) is 6.92 Å². The number of hydrogen-bond acceptors (Lipinski definition) is 5. The highest BCUT2D eigenvalue weighted by molar-refractivity contribution is 7.13. The number of methoxy groups -OCH3 is 2. The Kier molecular flexibility index (Phi) is 3.82. The van der Waals surface area contributed by atoms with Crippen molar-refractivity contribution in [3.63, 3.8) is 0 Å². The van der Waals surface area contributed by atoms with Gasteiger partial charge in [-0.05, 0) is 13.3 Å². The van der Waals surface area contributed by atoms with Crippen LogP contribution in [0.2, 0.25) is 0 Å². The molecule has 1 heterocycles. The van der Waals surface area contributed by atoms with Crippen molar-refractivity contribution >= 4 is 17.3 Å². The van der Waals surface area contributed by atoms with E-state index >= 15 is 0 Å². The second-order valence-electron chi connectivity index (χ2n) is 3.31. The van der Waals surface area contributed by atoms with E-state index in [0.717, 1.165) is 11.4 Å². The van der Waals surface area contributed by atoms with Gasteiger partial charge in [-0.3, -0.25) is 0 Å². The minimum absolute atomic E-state index is 0.353. The van der Waals surface area contributed by atoms with Crippen molar-refractivity contribution in [1.82, 2.24) is 4.98 Å². The van der Waals surface area contributed by atoms with Gasteiger partial charge in [0.05, 0.1) is 13.3 Å². The summed E-state index contributed by atoms with van der Waals surface area (Å²) in [5, 5.41) is 0.799. The molecule has 15 heavy (non-hydrogen) atoms. The molecule has 1 aromatic heterocycles. The van der Waals surface area contributed by atoms with Crippen molar-refractivity contribution in [3.8, 4) is 0 Å². The Morgan fingerprint density at radius 2 is 2.27 bits per heavy atom. The highest BCUT2D eigenvalue weighted by atomic mass is 32.1. The number of aromatic nitrogens is 1. The molecular weight excluding hydrogens is 214 g/mol. The molecule has 0 aliphatic carbocycles. The molecular formula is C10H15NO3S. The fourth-order valence-corrected chi connectivity index (χ4v) is 2.13. The molecule has 0 fully saturated rings. The van der Waals surface area contributed by atoms with E-state index in [9.17, 15) is 4.79 Å². The second kappa shape index (κ2) is 4.72. The van der Waals surface area contributed by atoms with E-state index in [1.54, 1.807) is 7.11 Å². The summed E-state index contributed by atoms with van der Waals surface area (Å²) >= 11 is 1.31. The minimum atomic E-state index is -0.420. The maximum Gasteiger partial charge on any atom is 0.349 e. The number of carbonyl (C=O) groups is 1. The van der Waals surface area contributed by atoms with E-state index in [1.807, 2.05) is 13.8 Å². The van der Waals surface area contributed by atoms with Gasteiger partial charge in [-0.2, -0.15) is 0 Å². The molecule has 5 heteroatoms. The smallest absolute Gasteiger partial charge is 0.349 e. The standard InChI is InChI=1S/C10H15NO3S/c1-5-10(2,14-4)9-11-6-7(15-9)8(12)13-3/h6H,5H2,1-4H3. The van der Waals surface area contributed by atoms with Crippen LogP contribution >= 0.6 is 11.3 Å². The van der Waals surface area contributed by atoms with Gasteiger partial charge in [0.25, 0.3) is 0 Å². The average Bonchev–Trinajstić information content (AvgIpc) is 2.76. The van der Waals surface area contributed by atoms with Crippen LogP contribution in [0.3, 0.4) is 0 Å². The molecule has 0 saturated heterocycles. The number of thiazole rings is 1. The summed E-state index contributed by atoms with van der Waals surface area (Å²) in [6, 6.07) is 0. The lowest BCUT2D eigenvalue weighted by atomic mass is 10.1. The van der Waals surface area contributed by atoms with E-state index < -0.39 is 5.60 Å². The molecule has 0 amide bonds. The molecule has 0 saturated carbocycles. The summed E-state index contributed by atoms with van der Waals surface area (Å²) in [6.45, 7) is 3.97. The lowest BCUT2D eigenvalue weighted by Crippen LogP contribution is -2.22. The Labute approximate surface area is 93.2 Å². The van der Waals surface area contributed by atoms with E-state index in [2.05, 4.69) is 9.72 Å². The van der Waals surface area contributed by atoms with Crippen LogP contribution in [0.15, 0.2) is 6.20 Å². The maximum atomic E-state index is 11.2. The third kappa shape index (κ3) is 2.35. The van der Waals surface area contributed by atoms with Crippen LogP contribution in [0.25, 0.3) is 0 Å². The quantitative estimate of drug-likeness (QED) is 0.743. The fourth-order valence-electron chi connectivity index (χ4n) is 1.10. The molecule has 0 bridgehead atoms. The van der Waals surface area contributed by atoms with E-state index in [-0.39, 0.29) is 5.97 Å². The van der Waals surface area contributed by atoms with Crippen molar-refractivity contribution in [2.24, 2.45) is 0 Å². The van der Waals surface area contributed by atoms with Crippen LogP contribution < -0.4 is 0 Å². The largest absolute Gasteiger partial charge is 0.465 e. The van der Waals surface area contributed by atoms with Gasteiger partial charge in [0.1, 0.15) is 15.5 Å². The lowest BCUT2D eigenvalue weighted by molar-refractivity contribution is -0.00156. The van der Waals surface area contributed by atoms with Crippen LogP contribution in [0, 0.1) is 0 Å². The normalized spacial score (nSPS) is 14.7. The zero-order valence-electron chi connectivity index (χ0n) is 9.36. The summed E-state index contributed by atoms with van der Waals surface area (Å²) in [4.78, 5) is 15.9. The zero-order valence-corrected chi connectivity index (χ0v) is 10.2. The molecule has 4 nitrogen and oxygen atoms in total. The number of hydrogen-bond donors (Lipinski definition) is 0. The second-order valence-corrected chi connectivity index (χ2v) is 4.34. The van der Waals surface area contributed by atoms with Crippen molar-refractivity contribution in [3.05, 3.63) is 16.1 Å². The highest BCUT2D eigenvalue weighted by Gasteiger charge is 2.28. The van der Waals surface area contributed by atoms with Gasteiger partial charge < -0.3 is 9.47 Å². The molecule has 0 aliphatic rings. The first-order chi connectivity index (χ1) is 7.07. The third-order valence-corrected chi connectivity index (χ3v) is 3.69. The molecule has 1 rings (SSSR count). The molecule has 1 atom stereocenters. The Hall–Kier alpha value is -0.940. The van der Waals surface area contributed by atoms with Crippen molar-refractivity contribution in [2.45, 2.75) is 25.9 Å². The zero-order chi connectivity index (χ0) is 11.5. The van der Waals surface area contributed by atoms with Crippen molar-refractivity contribution < 1.29 is 14.3 Å². The van der Waals surface area contributed by atoms with Gasteiger partial charge in [-0.15, -0.1) is 11.3 Å². The first-order valence-corrected chi connectivity index (χ1v) is 5.48. The molecule has 1 aromatic rings. The molecule has 0 spiro atoms. The van der Waals surface area contributed by atoms with Gasteiger partial charge in [0.2, 0.25) is 0 Å². The predicted octanol–water partition coefficient (Wildman–Crippen LogP) is 2.20. The summed E-state index contributed by atoms with van der Waals surface area (Å²) in [5.74, 6) is -0.353. The number of ether oxygens (including phenoxy) is 2. The number of rotatable bonds is 4. The number of nitrogens with zero attached hydrogens (tertiary/aromatic N) is 1. The Balaban J connectivity index is 2.97. The molecule has 0 aromatic carbocycles. The Morgan fingerprint density at radius 1 is 1.60 bits per heavy atom. The summed E-state index contributed by atoms with van der Waals surface area (Å²) in [6.07, 6.45) is 2.33. The van der Waals surface area contributed by atoms with E-state index in [4.69, 9.17) is 4.74 Å². The van der Waals surface area contributed by atoms with Crippen LogP contribution in [0.5, 0.6) is 0 Å². The van der Waals surface area contributed by atoms with Crippen LogP contribution in [-0.2, 0) is 15.1 Å². The van der Waals surface area contributed by atoms with Gasteiger partial charge in [0.15, 0.2) is 0 Å². The highest BCUT2D eigenvalue weighted by Crippen LogP contribution is 2.31. The van der Waals surface area contributed by atoms with Gasteiger partial charge in [-0.25, -0.2) is 9.78 Å². The lowest BCUT2D eigenvalue weighted by Gasteiger charge is -2.23. The van der Waals surface area contributed by atoms with Crippen LogP contribution in [0.1, 0.15) is 34.9 Å². The Bertz CT molecular complexity index is 344. The van der Waals surface area contributed by atoms with Crippen molar-refractivity contribution in [2.75, 3.05) is 14.2 Å². The molecule has 0 radical (unpaired) electrons. The molecule has 0 aliphatic heterocycles. The topological polar surface area (TPSA) is 48.4 Å². The summed E-state index contributed by atoms with van der Waals surface area (Å²) in [7, 11) is 3.00. The van der Waals surface area contributed by atoms with E-state index in [1.165, 1.54) is 24.6 Å². The van der Waals surface area contributed by atoms with Crippen molar-refractivity contribution in [1.29, 1.82) is 0 Å². The summed E-state index contributed by atoms with van der Waals surface area (Å²) < 4.78 is 10.0. The maximum absolute atomic E-state index is 11.2. The SMILES string of the molecule is CCC(C)(OC)c1ncc(C(=O)OC)s1. The van der Waals surface area contributed by atoms with Crippen LogP contribution in [-0.4, -0.2) is 25.2 Å². The molecule has 0 N–H and O–H groups in total. The monoisotopic (exact) mass is 229 g/mol. The third-order valence-electron chi connectivity index (χ3n) is 2.47. The first-order valence-electron chi connectivity index (χ1n) is 4.67. The molecule has 1 unspecified atom stereocenters. The number of esters is 1. The van der Waals surface area contributed by atoms with Gasteiger partial charge in [0, 0.05) is 7.11 Å². The predicted molar refractivity (Wildman–Crippen MR) is 58.1 cm³/mol. The summed E-state index contributed by atoms with van der Waals surface area (Å²) in [5.41, 5.74) is -0.420. The number of carbonyl (C=O) groups excluding carboxylic acids is 1. The average molecular weight is 229 g/mol. The van der Waals surface area contributed by atoms with Gasteiger partial charge >= 0.3 is 5.97 Å².